The van der Waals surface area contributed by atoms with E-state index >= 15 is 0 Å². The van der Waals surface area contributed by atoms with Crippen LogP contribution in [0.25, 0.3) is 0 Å². The average molecular weight is 268 g/mol. The Hall–Kier alpha value is -2.29. The zero-order valence-electron chi connectivity index (χ0n) is 11.6. The van der Waals surface area contributed by atoms with Crippen LogP contribution in [-0.2, 0) is 0 Å². The van der Waals surface area contributed by atoms with Crippen LogP contribution in [0.1, 0.15) is 34.0 Å². The number of fused-ring (bicyclic) bond motifs is 1. The van der Waals surface area contributed by atoms with Gasteiger partial charge in [-0.05, 0) is 30.7 Å². The summed E-state index contributed by atoms with van der Waals surface area (Å²) in [5.74, 6) is 1.40. The Morgan fingerprint density at radius 2 is 1.90 bits per heavy atom. The van der Waals surface area contributed by atoms with Gasteiger partial charge in [0.25, 0.3) is 0 Å². The normalized spacial score (nSPS) is 17.3. The average Bonchev–Trinajstić information content (AvgIpc) is 2.47. The number of carbonyl (C=O) groups is 1. The maximum Gasteiger partial charge on any atom is 0.170 e. The van der Waals surface area contributed by atoms with E-state index in [-0.39, 0.29) is 11.9 Å². The molecule has 0 N–H and O–H groups in total. The molecule has 0 spiro atoms. The molecular weight excluding hydrogens is 252 g/mol. The molecule has 0 amide bonds. The van der Waals surface area contributed by atoms with Crippen LogP contribution in [-0.4, -0.2) is 12.9 Å². The molecule has 2 aromatic rings. The highest BCUT2D eigenvalue weighted by Crippen LogP contribution is 2.36. The molecule has 102 valence electrons. The standard InChI is InChI=1S/C17H16O3/c1-11-3-5-12(6-4-11)17-10-15(18)14-9-13(19-2)7-8-16(14)20-17/h3-9,17H,10H2,1-2H3/t17-/m0/s1. The summed E-state index contributed by atoms with van der Waals surface area (Å²) in [7, 11) is 1.59. The molecule has 2 aromatic carbocycles. The minimum atomic E-state index is -0.205. The Bertz CT molecular complexity index is 644. The van der Waals surface area contributed by atoms with Gasteiger partial charge < -0.3 is 9.47 Å². The Morgan fingerprint density at radius 3 is 2.60 bits per heavy atom. The highest BCUT2D eigenvalue weighted by atomic mass is 16.5. The molecule has 3 heteroatoms. The molecule has 20 heavy (non-hydrogen) atoms. The lowest BCUT2D eigenvalue weighted by atomic mass is 9.96. The maximum absolute atomic E-state index is 12.3. The van der Waals surface area contributed by atoms with E-state index in [0.29, 0.717) is 23.5 Å². The van der Waals surface area contributed by atoms with Gasteiger partial charge in [-0.15, -0.1) is 0 Å². The molecule has 1 atom stereocenters. The van der Waals surface area contributed by atoms with Crippen molar-refractivity contribution in [1.29, 1.82) is 0 Å². The van der Waals surface area contributed by atoms with Crippen molar-refractivity contribution >= 4 is 5.78 Å². The molecule has 0 saturated heterocycles. The molecule has 0 unspecified atom stereocenters. The number of aryl methyl sites for hydroxylation is 1. The Kier molecular flexibility index (Phi) is 3.18. The second kappa shape index (κ2) is 5.00. The highest BCUT2D eigenvalue weighted by Gasteiger charge is 2.27. The Morgan fingerprint density at radius 1 is 1.15 bits per heavy atom. The van der Waals surface area contributed by atoms with Crippen molar-refractivity contribution in [3.05, 3.63) is 59.2 Å². The first-order valence-electron chi connectivity index (χ1n) is 6.62. The highest BCUT2D eigenvalue weighted by molar-refractivity contribution is 6.00. The number of ether oxygens (including phenoxy) is 2. The smallest absolute Gasteiger partial charge is 0.170 e. The first-order valence-corrected chi connectivity index (χ1v) is 6.62. The van der Waals surface area contributed by atoms with E-state index in [4.69, 9.17) is 9.47 Å². The van der Waals surface area contributed by atoms with Gasteiger partial charge in [0.15, 0.2) is 5.78 Å². The van der Waals surface area contributed by atoms with Crippen LogP contribution in [0.5, 0.6) is 11.5 Å². The monoisotopic (exact) mass is 268 g/mol. The molecule has 1 aliphatic rings. The van der Waals surface area contributed by atoms with Gasteiger partial charge in [-0.1, -0.05) is 29.8 Å². The van der Waals surface area contributed by atoms with Crippen LogP contribution in [0.15, 0.2) is 42.5 Å². The molecule has 0 fully saturated rings. The van der Waals surface area contributed by atoms with Crippen molar-refractivity contribution in [3.63, 3.8) is 0 Å². The number of hydrogen-bond acceptors (Lipinski definition) is 3. The number of benzene rings is 2. The van der Waals surface area contributed by atoms with Crippen LogP contribution in [0.2, 0.25) is 0 Å². The van der Waals surface area contributed by atoms with Gasteiger partial charge in [0.2, 0.25) is 0 Å². The van der Waals surface area contributed by atoms with Crippen molar-refractivity contribution in [2.75, 3.05) is 7.11 Å². The number of hydrogen-bond donors (Lipinski definition) is 0. The van der Waals surface area contributed by atoms with Gasteiger partial charge in [-0.2, -0.15) is 0 Å². The predicted molar refractivity (Wildman–Crippen MR) is 76.5 cm³/mol. The van der Waals surface area contributed by atoms with Crippen LogP contribution in [0.3, 0.4) is 0 Å². The number of Topliss-reactive ketones (excluding diaryl/α,β-unsaturated/α-hetero) is 1. The maximum atomic E-state index is 12.3. The Labute approximate surface area is 118 Å². The number of rotatable bonds is 2. The Balaban J connectivity index is 1.92. The first-order chi connectivity index (χ1) is 9.67. The van der Waals surface area contributed by atoms with Gasteiger partial charge in [0.1, 0.15) is 17.6 Å². The summed E-state index contributed by atoms with van der Waals surface area (Å²) < 4.78 is 11.1. The largest absolute Gasteiger partial charge is 0.497 e. The topological polar surface area (TPSA) is 35.5 Å². The molecule has 1 heterocycles. The second-order valence-corrected chi connectivity index (χ2v) is 5.01. The van der Waals surface area contributed by atoms with Crippen LogP contribution in [0, 0.1) is 6.92 Å². The van der Waals surface area contributed by atoms with Crippen molar-refractivity contribution in [3.8, 4) is 11.5 Å². The predicted octanol–water partition coefficient (Wildman–Crippen LogP) is 3.71. The summed E-state index contributed by atoms with van der Waals surface area (Å²) in [6.45, 7) is 2.04. The molecule has 3 nitrogen and oxygen atoms in total. The van der Waals surface area contributed by atoms with Gasteiger partial charge in [0.05, 0.1) is 19.1 Å². The van der Waals surface area contributed by atoms with Crippen molar-refractivity contribution in [2.24, 2.45) is 0 Å². The van der Waals surface area contributed by atoms with Crippen molar-refractivity contribution in [2.45, 2.75) is 19.4 Å². The number of ketones is 1. The number of methoxy groups -OCH3 is 1. The van der Waals surface area contributed by atoms with Crippen LogP contribution >= 0.6 is 0 Å². The first kappa shape index (κ1) is 12.7. The lowest BCUT2D eigenvalue weighted by Gasteiger charge is -2.25. The minimum Gasteiger partial charge on any atom is -0.497 e. The zero-order valence-corrected chi connectivity index (χ0v) is 11.6. The summed E-state index contributed by atoms with van der Waals surface area (Å²) in [5, 5.41) is 0. The van der Waals surface area contributed by atoms with Gasteiger partial charge in [-0.25, -0.2) is 0 Å². The minimum absolute atomic E-state index is 0.0933. The third-order valence-electron chi connectivity index (χ3n) is 3.58. The van der Waals surface area contributed by atoms with Gasteiger partial charge in [0, 0.05) is 0 Å². The summed E-state index contributed by atoms with van der Waals surface area (Å²) in [5.41, 5.74) is 2.83. The molecule has 0 aliphatic carbocycles. The fourth-order valence-corrected chi connectivity index (χ4v) is 2.40. The fourth-order valence-electron chi connectivity index (χ4n) is 2.40. The quantitative estimate of drug-likeness (QED) is 0.833. The summed E-state index contributed by atoms with van der Waals surface area (Å²) in [6, 6.07) is 13.4. The lowest BCUT2D eigenvalue weighted by Crippen LogP contribution is -2.20. The van der Waals surface area contributed by atoms with Gasteiger partial charge in [-0.3, -0.25) is 4.79 Å². The summed E-state index contributed by atoms with van der Waals surface area (Å²) in [6.07, 6.45) is 0.160. The SMILES string of the molecule is COc1ccc2c(c1)C(=O)C[C@@H](c1ccc(C)cc1)O2. The zero-order chi connectivity index (χ0) is 14.1. The fraction of sp³-hybridized carbons (Fsp3) is 0.235. The van der Waals surface area contributed by atoms with Crippen LogP contribution < -0.4 is 9.47 Å². The van der Waals surface area contributed by atoms with E-state index < -0.39 is 0 Å². The van der Waals surface area contributed by atoms with Crippen LogP contribution in [0.4, 0.5) is 0 Å². The lowest BCUT2D eigenvalue weighted by molar-refractivity contribution is 0.0849. The van der Waals surface area contributed by atoms with E-state index in [2.05, 4.69) is 0 Å². The second-order valence-electron chi connectivity index (χ2n) is 5.01. The molecule has 0 aromatic heterocycles. The van der Waals surface area contributed by atoms with E-state index in [1.807, 2.05) is 37.3 Å². The number of carbonyl (C=O) groups excluding carboxylic acids is 1. The van der Waals surface area contributed by atoms with Crippen molar-refractivity contribution in [1.82, 2.24) is 0 Å². The van der Waals surface area contributed by atoms with E-state index in [1.165, 1.54) is 5.56 Å². The molecule has 1 aliphatic heterocycles. The molecular formula is C17H16O3. The molecule has 0 bridgehead atoms. The van der Waals surface area contributed by atoms with E-state index in [1.54, 1.807) is 19.2 Å². The van der Waals surface area contributed by atoms with Gasteiger partial charge >= 0.3 is 0 Å². The molecule has 0 radical (unpaired) electrons. The third kappa shape index (κ3) is 2.27. The third-order valence-corrected chi connectivity index (χ3v) is 3.58. The molecule has 3 rings (SSSR count). The summed E-state index contributed by atoms with van der Waals surface area (Å²) >= 11 is 0. The summed E-state index contributed by atoms with van der Waals surface area (Å²) in [4.78, 5) is 12.3. The van der Waals surface area contributed by atoms with E-state index in [0.717, 1.165) is 5.56 Å². The molecule has 0 saturated carbocycles. The van der Waals surface area contributed by atoms with E-state index in [9.17, 15) is 4.79 Å². The van der Waals surface area contributed by atoms with Crippen molar-refractivity contribution < 1.29 is 14.3 Å².